The highest BCUT2D eigenvalue weighted by atomic mass is 32.2. The Bertz CT molecular complexity index is 1080. The Kier molecular flexibility index (Phi) is 5.79. The second kappa shape index (κ2) is 8.46. The first-order valence-corrected chi connectivity index (χ1v) is 12.5. The van der Waals surface area contributed by atoms with Crippen molar-refractivity contribution in [3.8, 4) is 10.8 Å². The Morgan fingerprint density at radius 3 is 2.88 bits per heavy atom. The molecule has 2 aromatic heterocycles. The molecule has 3 heterocycles. The van der Waals surface area contributed by atoms with Gasteiger partial charge < -0.3 is 9.47 Å². The number of halogens is 3. The molecule has 2 atom stereocenters. The smallest absolute Gasteiger partial charge is 0.303 e. The molecule has 1 saturated carbocycles. The minimum atomic E-state index is -4.28. The summed E-state index contributed by atoms with van der Waals surface area (Å²) in [6.07, 6.45) is 0.330. The van der Waals surface area contributed by atoms with E-state index in [1.807, 2.05) is 17.0 Å². The molecule has 5 rings (SSSR count). The van der Waals surface area contributed by atoms with Gasteiger partial charge in [-0.15, -0.1) is 21.5 Å². The number of likely N-dealkylation sites (tertiary alicyclic amines) is 1. The maximum atomic E-state index is 13.4. The maximum Gasteiger partial charge on any atom is 0.416 e. The molecule has 170 valence electrons. The second-order valence-corrected chi connectivity index (χ2v) is 10.6. The van der Waals surface area contributed by atoms with Crippen LogP contribution in [0.5, 0.6) is 0 Å². The third kappa shape index (κ3) is 4.20. The number of alkyl halides is 3. The molecular weight excluding hydrogens is 455 g/mol. The van der Waals surface area contributed by atoms with Crippen molar-refractivity contribution in [3.63, 3.8) is 0 Å². The third-order valence-corrected chi connectivity index (χ3v) is 8.48. The van der Waals surface area contributed by atoms with Crippen molar-refractivity contribution in [1.82, 2.24) is 24.6 Å². The van der Waals surface area contributed by atoms with Crippen molar-refractivity contribution in [1.29, 1.82) is 0 Å². The Hall–Kier alpha value is -1.91. The lowest BCUT2D eigenvalue weighted by atomic mass is 9.95. The largest absolute Gasteiger partial charge is 0.416 e. The highest BCUT2D eigenvalue weighted by Gasteiger charge is 2.59. The summed E-state index contributed by atoms with van der Waals surface area (Å²) in [5.74, 6) is 1.73. The molecule has 32 heavy (non-hydrogen) atoms. The quantitative estimate of drug-likeness (QED) is 0.339. The number of thiazole rings is 1. The lowest BCUT2D eigenvalue weighted by molar-refractivity contribution is -0.138. The molecule has 0 unspecified atom stereocenters. The Morgan fingerprint density at radius 1 is 1.25 bits per heavy atom. The van der Waals surface area contributed by atoms with E-state index in [9.17, 15) is 13.2 Å². The fraction of sp³-hybridized carbons (Fsp3) is 0.500. The Morgan fingerprint density at radius 2 is 2.09 bits per heavy atom. The number of benzene rings is 1. The lowest BCUT2D eigenvalue weighted by Gasteiger charge is -2.17. The minimum Gasteiger partial charge on any atom is -0.303 e. The molecular formula is C22H24F3N5S2. The van der Waals surface area contributed by atoms with E-state index in [0.29, 0.717) is 5.56 Å². The second-order valence-electron chi connectivity index (χ2n) is 8.63. The van der Waals surface area contributed by atoms with Gasteiger partial charge in [-0.1, -0.05) is 30.0 Å². The summed E-state index contributed by atoms with van der Waals surface area (Å²) < 4.78 is 42.2. The van der Waals surface area contributed by atoms with E-state index in [0.717, 1.165) is 60.6 Å². The van der Waals surface area contributed by atoms with E-state index < -0.39 is 11.7 Å². The van der Waals surface area contributed by atoms with Crippen molar-refractivity contribution < 1.29 is 13.2 Å². The predicted molar refractivity (Wildman–Crippen MR) is 120 cm³/mol. The van der Waals surface area contributed by atoms with Crippen LogP contribution in [-0.2, 0) is 13.2 Å². The van der Waals surface area contributed by atoms with Gasteiger partial charge >= 0.3 is 6.18 Å². The summed E-state index contributed by atoms with van der Waals surface area (Å²) in [7, 11) is 1.95. The maximum absolute atomic E-state index is 13.4. The first-order valence-electron chi connectivity index (χ1n) is 10.7. The molecule has 1 saturated heterocycles. The fourth-order valence-corrected chi connectivity index (χ4v) is 6.38. The highest BCUT2D eigenvalue weighted by Crippen LogP contribution is 2.65. The van der Waals surface area contributed by atoms with Gasteiger partial charge in [-0.25, -0.2) is 4.98 Å². The zero-order chi connectivity index (χ0) is 22.3. The van der Waals surface area contributed by atoms with Crippen LogP contribution >= 0.6 is 23.1 Å². The van der Waals surface area contributed by atoms with Gasteiger partial charge in [0.2, 0.25) is 0 Å². The average Bonchev–Trinajstić information content (AvgIpc) is 3.16. The standard InChI is InChI=1S/C22H24F3N5S2/c1-29-18(19-26-8-12-31-19)27-28-20(29)32-11-4-9-30-10-7-21(14-30)13-17(21)15-5-2-3-6-16(15)22(23,24)25/h2-3,5-6,8,12,17H,4,7,9-11,13-14H2,1H3/t17-,21+/m1/s1. The van der Waals surface area contributed by atoms with Gasteiger partial charge in [-0.2, -0.15) is 13.2 Å². The molecule has 5 nitrogen and oxygen atoms in total. The van der Waals surface area contributed by atoms with Gasteiger partial charge in [-0.05, 0) is 55.3 Å². The van der Waals surface area contributed by atoms with E-state index in [-0.39, 0.29) is 11.3 Å². The van der Waals surface area contributed by atoms with Crippen LogP contribution in [0.4, 0.5) is 13.2 Å². The molecule has 0 bridgehead atoms. The van der Waals surface area contributed by atoms with Gasteiger partial charge in [0.05, 0.1) is 5.56 Å². The predicted octanol–water partition coefficient (Wildman–Crippen LogP) is 5.32. The van der Waals surface area contributed by atoms with E-state index in [2.05, 4.69) is 20.1 Å². The summed E-state index contributed by atoms with van der Waals surface area (Å²) in [5, 5.41) is 12.2. The summed E-state index contributed by atoms with van der Waals surface area (Å²) in [6.45, 7) is 2.82. The normalized spacial score (nSPS) is 23.3. The van der Waals surface area contributed by atoms with E-state index in [4.69, 9.17) is 0 Å². The number of aromatic nitrogens is 4. The minimum absolute atomic E-state index is 0.0285. The topological polar surface area (TPSA) is 46.8 Å². The van der Waals surface area contributed by atoms with Gasteiger partial charge in [0.25, 0.3) is 0 Å². The summed E-state index contributed by atoms with van der Waals surface area (Å²) in [4.78, 5) is 6.70. The van der Waals surface area contributed by atoms with Crippen LogP contribution in [0, 0.1) is 5.41 Å². The number of hydrogen-bond acceptors (Lipinski definition) is 6. The number of nitrogens with zero attached hydrogens (tertiary/aromatic N) is 5. The van der Waals surface area contributed by atoms with Gasteiger partial charge in [0, 0.05) is 30.9 Å². The van der Waals surface area contributed by atoms with Crippen LogP contribution in [0.15, 0.2) is 41.0 Å². The zero-order valence-electron chi connectivity index (χ0n) is 17.7. The number of thioether (sulfide) groups is 1. The molecule has 0 radical (unpaired) electrons. The lowest BCUT2D eigenvalue weighted by Crippen LogP contribution is -2.23. The molecule has 0 N–H and O–H groups in total. The first kappa shape index (κ1) is 21.9. The van der Waals surface area contributed by atoms with Crippen molar-refractivity contribution in [2.45, 2.75) is 36.5 Å². The molecule has 1 aliphatic heterocycles. The molecule has 3 aromatic rings. The van der Waals surface area contributed by atoms with Crippen LogP contribution in [-0.4, -0.2) is 50.0 Å². The summed E-state index contributed by atoms with van der Waals surface area (Å²) in [6, 6.07) is 6.10. The van der Waals surface area contributed by atoms with Crippen LogP contribution in [0.2, 0.25) is 0 Å². The van der Waals surface area contributed by atoms with Crippen LogP contribution in [0.25, 0.3) is 10.8 Å². The first-order chi connectivity index (χ1) is 15.4. The van der Waals surface area contributed by atoms with Crippen LogP contribution in [0.3, 0.4) is 0 Å². The van der Waals surface area contributed by atoms with Gasteiger partial charge in [-0.3, -0.25) is 0 Å². The Labute approximate surface area is 193 Å². The Balaban J connectivity index is 1.12. The summed E-state index contributed by atoms with van der Waals surface area (Å²) in [5.41, 5.74) is 0.0500. The fourth-order valence-electron chi connectivity index (χ4n) is 4.88. The molecule has 2 fully saturated rings. The van der Waals surface area contributed by atoms with E-state index in [1.165, 1.54) is 12.1 Å². The number of hydrogen-bond donors (Lipinski definition) is 0. The van der Waals surface area contributed by atoms with Crippen molar-refractivity contribution in [3.05, 3.63) is 47.0 Å². The highest BCUT2D eigenvalue weighted by molar-refractivity contribution is 7.99. The van der Waals surface area contributed by atoms with Crippen LogP contribution in [0.1, 0.15) is 36.3 Å². The van der Waals surface area contributed by atoms with E-state index in [1.54, 1.807) is 41.4 Å². The molecule has 10 heteroatoms. The molecule has 1 aliphatic carbocycles. The third-order valence-electron chi connectivity index (χ3n) is 6.60. The average molecular weight is 480 g/mol. The molecule has 1 aromatic carbocycles. The molecule has 1 spiro atoms. The SMILES string of the molecule is Cn1c(SCCCN2CC[C@]3(C[C@@H]3c3ccccc3C(F)(F)F)C2)nnc1-c1nccs1. The zero-order valence-corrected chi connectivity index (χ0v) is 19.3. The van der Waals surface area contributed by atoms with Gasteiger partial charge in [0.15, 0.2) is 16.0 Å². The van der Waals surface area contributed by atoms with Crippen molar-refractivity contribution >= 4 is 23.1 Å². The summed E-state index contributed by atoms with van der Waals surface area (Å²) >= 11 is 3.22. The van der Waals surface area contributed by atoms with Gasteiger partial charge in [0.1, 0.15) is 0 Å². The molecule has 0 amide bonds. The van der Waals surface area contributed by atoms with Crippen molar-refractivity contribution in [2.75, 3.05) is 25.4 Å². The van der Waals surface area contributed by atoms with Crippen LogP contribution < -0.4 is 0 Å². The van der Waals surface area contributed by atoms with Crippen molar-refractivity contribution in [2.24, 2.45) is 12.5 Å². The monoisotopic (exact) mass is 479 g/mol. The molecule has 2 aliphatic rings. The number of rotatable bonds is 7. The van der Waals surface area contributed by atoms with E-state index >= 15 is 0 Å².